The predicted octanol–water partition coefficient (Wildman–Crippen LogP) is 4.31. The molecule has 0 saturated carbocycles. The lowest BCUT2D eigenvalue weighted by atomic mass is 10.0. The Morgan fingerprint density at radius 1 is 0.929 bits per heavy atom. The van der Waals surface area contributed by atoms with Crippen LogP contribution in [-0.4, -0.2) is 48.8 Å². The monoisotopic (exact) mass is 396 g/mol. The van der Waals surface area contributed by atoms with Gasteiger partial charge in [0.2, 0.25) is 0 Å². The second-order valence-corrected chi connectivity index (χ2v) is 8.23. The average molecular weight is 397 g/mol. The molecule has 2 N–H and O–H groups in total. The van der Waals surface area contributed by atoms with Crippen molar-refractivity contribution in [3.63, 3.8) is 0 Å². The molecule has 1 saturated heterocycles. The molecule has 2 aromatic rings. The summed E-state index contributed by atoms with van der Waals surface area (Å²) < 4.78 is 0. The first-order chi connectivity index (χ1) is 13.5. The molecule has 1 aliphatic rings. The summed E-state index contributed by atoms with van der Waals surface area (Å²) in [5.41, 5.74) is 3.69. The van der Waals surface area contributed by atoms with Crippen molar-refractivity contribution < 1.29 is 0 Å². The minimum Gasteiger partial charge on any atom is -0.369 e. The number of hydrogen-bond donors (Lipinski definition) is 2. The van der Waals surface area contributed by atoms with E-state index < -0.39 is 0 Å². The summed E-state index contributed by atoms with van der Waals surface area (Å²) in [7, 11) is 0. The zero-order valence-electron chi connectivity index (χ0n) is 17.2. The Hall–Kier alpha value is -2.11. The lowest BCUT2D eigenvalue weighted by Crippen LogP contribution is -2.52. The van der Waals surface area contributed by atoms with Gasteiger partial charge < -0.3 is 15.5 Å². The first kappa shape index (κ1) is 20.6. The van der Waals surface area contributed by atoms with Crippen molar-refractivity contribution >= 4 is 28.7 Å². The number of piperazine rings is 1. The highest BCUT2D eigenvalue weighted by atomic mass is 32.1. The third kappa shape index (κ3) is 5.69. The Bertz CT molecular complexity index is 737. The molecule has 1 heterocycles. The number of rotatable bonds is 6. The number of anilines is 2. The third-order valence-corrected chi connectivity index (χ3v) is 5.70. The molecule has 3 rings (SSSR count). The highest BCUT2D eigenvalue weighted by molar-refractivity contribution is 7.80. The number of thiocarbonyl (C=S) groups is 1. The molecule has 28 heavy (non-hydrogen) atoms. The van der Waals surface area contributed by atoms with E-state index >= 15 is 0 Å². The molecule has 4 nitrogen and oxygen atoms in total. The van der Waals surface area contributed by atoms with E-state index in [-0.39, 0.29) is 0 Å². The van der Waals surface area contributed by atoms with Gasteiger partial charge in [0, 0.05) is 50.1 Å². The molecule has 1 atom stereocenters. The maximum absolute atomic E-state index is 5.47. The third-order valence-electron chi connectivity index (χ3n) is 5.45. The topological polar surface area (TPSA) is 30.5 Å². The molecule has 1 aliphatic heterocycles. The Labute approximate surface area is 174 Å². The highest BCUT2D eigenvalue weighted by Crippen LogP contribution is 2.18. The number of hydrogen-bond acceptors (Lipinski definition) is 3. The van der Waals surface area contributed by atoms with Crippen LogP contribution in [0, 0.1) is 0 Å². The molecule has 2 aromatic carbocycles. The van der Waals surface area contributed by atoms with Crippen LogP contribution in [0.2, 0.25) is 0 Å². The fourth-order valence-corrected chi connectivity index (χ4v) is 3.76. The van der Waals surface area contributed by atoms with Crippen molar-refractivity contribution in [1.29, 1.82) is 0 Å². The van der Waals surface area contributed by atoms with E-state index in [4.69, 9.17) is 12.2 Å². The van der Waals surface area contributed by atoms with Crippen LogP contribution in [-0.2, 0) is 0 Å². The molecule has 1 unspecified atom stereocenters. The van der Waals surface area contributed by atoms with Crippen molar-refractivity contribution in [2.24, 2.45) is 0 Å². The van der Waals surface area contributed by atoms with Crippen LogP contribution in [0.5, 0.6) is 0 Å². The van der Waals surface area contributed by atoms with Gasteiger partial charge in [-0.15, -0.1) is 0 Å². The summed E-state index contributed by atoms with van der Waals surface area (Å²) in [5.74, 6) is 0.544. The SMILES string of the molecule is CC(C)c1ccc(NC(=S)NCC(C)N2CCN(c3ccccc3)CC2)cc1. The molecule has 150 valence electrons. The largest absolute Gasteiger partial charge is 0.369 e. The Kier molecular flexibility index (Phi) is 7.29. The van der Waals surface area contributed by atoms with Gasteiger partial charge in [0.15, 0.2) is 5.11 Å². The standard InChI is InChI=1S/C23H32N4S/c1-18(2)20-9-11-21(12-10-20)25-23(28)24-17-19(3)26-13-15-27(16-14-26)22-7-5-4-6-8-22/h4-12,18-19H,13-17H2,1-3H3,(H2,24,25,28). The first-order valence-electron chi connectivity index (χ1n) is 10.2. The van der Waals surface area contributed by atoms with Crippen LogP contribution in [0.1, 0.15) is 32.3 Å². The van der Waals surface area contributed by atoms with E-state index in [9.17, 15) is 0 Å². The molecule has 0 aliphatic carbocycles. The number of nitrogens with zero attached hydrogens (tertiary/aromatic N) is 2. The zero-order valence-corrected chi connectivity index (χ0v) is 18.0. The van der Waals surface area contributed by atoms with Crippen molar-refractivity contribution in [1.82, 2.24) is 10.2 Å². The van der Waals surface area contributed by atoms with E-state index in [1.807, 2.05) is 0 Å². The van der Waals surface area contributed by atoms with E-state index in [0.29, 0.717) is 17.1 Å². The molecular weight excluding hydrogens is 364 g/mol. The maximum Gasteiger partial charge on any atom is 0.170 e. The molecule has 0 bridgehead atoms. The minimum absolute atomic E-state index is 0.445. The smallest absolute Gasteiger partial charge is 0.170 e. The van der Waals surface area contributed by atoms with Gasteiger partial charge in [0.05, 0.1) is 0 Å². The minimum atomic E-state index is 0.445. The summed E-state index contributed by atoms with van der Waals surface area (Å²) in [6, 6.07) is 19.6. The maximum atomic E-state index is 5.47. The van der Waals surface area contributed by atoms with Gasteiger partial charge in [-0.1, -0.05) is 44.2 Å². The van der Waals surface area contributed by atoms with E-state index in [0.717, 1.165) is 38.4 Å². The van der Waals surface area contributed by atoms with Gasteiger partial charge in [-0.25, -0.2) is 0 Å². The predicted molar refractivity (Wildman–Crippen MR) is 124 cm³/mol. The van der Waals surface area contributed by atoms with Crippen molar-refractivity contribution in [2.75, 3.05) is 42.9 Å². The second-order valence-electron chi connectivity index (χ2n) is 7.82. The van der Waals surface area contributed by atoms with Crippen LogP contribution >= 0.6 is 12.2 Å². The van der Waals surface area contributed by atoms with Gasteiger partial charge in [-0.05, 0) is 54.9 Å². The molecule has 0 aromatic heterocycles. The summed E-state index contributed by atoms with van der Waals surface area (Å²) in [5, 5.41) is 7.35. The molecule has 1 fully saturated rings. The van der Waals surface area contributed by atoms with Crippen LogP contribution in [0.25, 0.3) is 0 Å². The number of para-hydroxylation sites is 1. The molecule has 0 spiro atoms. The summed E-state index contributed by atoms with van der Waals surface area (Å²) >= 11 is 5.47. The van der Waals surface area contributed by atoms with Gasteiger partial charge in [0.25, 0.3) is 0 Å². The molecule has 5 heteroatoms. The van der Waals surface area contributed by atoms with Crippen molar-refractivity contribution in [2.45, 2.75) is 32.7 Å². The first-order valence-corrected chi connectivity index (χ1v) is 10.6. The Morgan fingerprint density at radius 3 is 2.18 bits per heavy atom. The lowest BCUT2D eigenvalue weighted by molar-refractivity contribution is 0.198. The van der Waals surface area contributed by atoms with Gasteiger partial charge in [-0.3, -0.25) is 4.90 Å². The molecule has 0 amide bonds. The normalized spacial score (nSPS) is 16.1. The zero-order chi connectivity index (χ0) is 19.9. The summed E-state index contributed by atoms with van der Waals surface area (Å²) in [4.78, 5) is 5.00. The quantitative estimate of drug-likeness (QED) is 0.711. The van der Waals surface area contributed by atoms with Gasteiger partial charge >= 0.3 is 0 Å². The Balaban J connectivity index is 1.40. The Morgan fingerprint density at radius 2 is 1.57 bits per heavy atom. The fraction of sp³-hybridized carbons (Fsp3) is 0.435. The fourth-order valence-electron chi connectivity index (χ4n) is 3.56. The van der Waals surface area contributed by atoms with Crippen LogP contribution in [0.15, 0.2) is 54.6 Å². The van der Waals surface area contributed by atoms with Gasteiger partial charge in [0.1, 0.15) is 0 Å². The van der Waals surface area contributed by atoms with Crippen molar-refractivity contribution in [3.8, 4) is 0 Å². The molecular formula is C23H32N4S. The van der Waals surface area contributed by atoms with E-state index in [2.05, 4.69) is 95.8 Å². The number of nitrogens with one attached hydrogen (secondary N) is 2. The molecule has 0 radical (unpaired) electrons. The van der Waals surface area contributed by atoms with Crippen LogP contribution in [0.4, 0.5) is 11.4 Å². The van der Waals surface area contributed by atoms with Gasteiger partial charge in [-0.2, -0.15) is 0 Å². The second kappa shape index (κ2) is 9.89. The summed E-state index contributed by atoms with van der Waals surface area (Å²) in [6.07, 6.45) is 0. The lowest BCUT2D eigenvalue weighted by Gasteiger charge is -2.39. The van der Waals surface area contributed by atoms with E-state index in [1.54, 1.807) is 0 Å². The number of benzene rings is 2. The van der Waals surface area contributed by atoms with E-state index in [1.165, 1.54) is 11.3 Å². The van der Waals surface area contributed by atoms with Crippen LogP contribution < -0.4 is 15.5 Å². The highest BCUT2D eigenvalue weighted by Gasteiger charge is 2.21. The van der Waals surface area contributed by atoms with Crippen molar-refractivity contribution in [3.05, 3.63) is 60.2 Å². The average Bonchev–Trinajstić information content (AvgIpc) is 2.73. The summed E-state index contributed by atoms with van der Waals surface area (Å²) in [6.45, 7) is 11.8. The van der Waals surface area contributed by atoms with Crippen LogP contribution in [0.3, 0.4) is 0 Å².